The monoisotopic (exact) mass is 454 g/mol. The summed E-state index contributed by atoms with van der Waals surface area (Å²) in [4.78, 5) is 33.2. The molecule has 1 amide bonds. The molecule has 2 aromatic heterocycles. The molecule has 0 aliphatic carbocycles. The molecule has 0 unspecified atom stereocenters. The summed E-state index contributed by atoms with van der Waals surface area (Å²) in [7, 11) is 0. The van der Waals surface area contributed by atoms with Crippen molar-refractivity contribution >= 4 is 22.7 Å². The smallest absolute Gasteiger partial charge is 0.296 e. The molecule has 1 aliphatic heterocycles. The highest BCUT2D eigenvalue weighted by molar-refractivity contribution is 6.10. The van der Waals surface area contributed by atoms with E-state index >= 15 is 0 Å². The maximum absolute atomic E-state index is 13.6. The van der Waals surface area contributed by atoms with E-state index in [-0.39, 0.29) is 17.1 Å². The summed E-state index contributed by atoms with van der Waals surface area (Å²) in [5.74, 6) is 0.928. The lowest BCUT2D eigenvalue weighted by atomic mass is 9.98. The van der Waals surface area contributed by atoms with Gasteiger partial charge < -0.3 is 9.15 Å². The highest BCUT2D eigenvalue weighted by Crippen LogP contribution is 2.41. The molecule has 3 heterocycles. The Morgan fingerprint density at radius 3 is 2.59 bits per heavy atom. The summed E-state index contributed by atoms with van der Waals surface area (Å²) < 4.78 is 11.8. The number of unbranched alkanes of at least 4 members (excludes halogenated alkanes) is 2. The van der Waals surface area contributed by atoms with Crippen molar-refractivity contribution < 1.29 is 13.9 Å². The number of amides is 1. The second-order valence-electron chi connectivity index (χ2n) is 8.56. The van der Waals surface area contributed by atoms with Crippen LogP contribution >= 0.6 is 0 Å². The Morgan fingerprint density at radius 1 is 1.03 bits per heavy atom. The molecule has 0 fully saturated rings. The number of carbonyl (C=O) groups excluding carboxylic acids is 1. The zero-order valence-corrected chi connectivity index (χ0v) is 19.3. The maximum atomic E-state index is 13.6. The molecule has 1 atom stereocenters. The Kier molecular flexibility index (Phi) is 5.88. The predicted molar refractivity (Wildman–Crippen MR) is 132 cm³/mol. The molecule has 2 aromatic carbocycles. The predicted octanol–water partition coefficient (Wildman–Crippen LogP) is 5.82. The van der Waals surface area contributed by atoms with E-state index in [0.717, 1.165) is 36.1 Å². The van der Waals surface area contributed by atoms with Crippen molar-refractivity contribution in [1.82, 2.24) is 4.98 Å². The topological polar surface area (TPSA) is 72.6 Å². The maximum Gasteiger partial charge on any atom is 0.296 e. The highest BCUT2D eigenvalue weighted by Gasteiger charge is 2.44. The molecule has 6 heteroatoms. The number of carbonyl (C=O) groups is 1. The molecular formula is C28H26N2O4. The first kappa shape index (κ1) is 21.9. The third-order valence-electron chi connectivity index (χ3n) is 6.14. The van der Waals surface area contributed by atoms with E-state index in [9.17, 15) is 9.59 Å². The summed E-state index contributed by atoms with van der Waals surface area (Å²) in [6.45, 7) is 4.76. The normalized spacial score (nSPS) is 15.1. The van der Waals surface area contributed by atoms with Crippen molar-refractivity contribution in [3.63, 3.8) is 0 Å². The van der Waals surface area contributed by atoms with Gasteiger partial charge in [0.05, 0.1) is 23.6 Å². The third-order valence-corrected chi connectivity index (χ3v) is 6.14. The van der Waals surface area contributed by atoms with Crippen molar-refractivity contribution in [2.75, 3.05) is 11.5 Å². The van der Waals surface area contributed by atoms with Gasteiger partial charge in [-0.2, -0.15) is 0 Å². The quantitative estimate of drug-likeness (QED) is 0.329. The van der Waals surface area contributed by atoms with Gasteiger partial charge in [-0.3, -0.25) is 14.5 Å². The molecule has 0 spiro atoms. The molecule has 0 saturated heterocycles. The second kappa shape index (κ2) is 9.14. The van der Waals surface area contributed by atoms with Crippen LogP contribution in [0.5, 0.6) is 5.75 Å². The fraction of sp³-hybridized carbons (Fsp3) is 0.250. The van der Waals surface area contributed by atoms with Crippen LogP contribution in [-0.2, 0) is 0 Å². The fourth-order valence-corrected chi connectivity index (χ4v) is 4.41. The van der Waals surface area contributed by atoms with E-state index in [1.807, 2.05) is 43.3 Å². The van der Waals surface area contributed by atoms with Gasteiger partial charge in [-0.1, -0.05) is 44.0 Å². The molecule has 5 rings (SSSR count). The summed E-state index contributed by atoms with van der Waals surface area (Å²) in [5.41, 5.74) is 2.29. The lowest BCUT2D eigenvalue weighted by molar-refractivity contribution is 0.0970. The van der Waals surface area contributed by atoms with E-state index in [0.29, 0.717) is 29.0 Å². The van der Waals surface area contributed by atoms with E-state index < -0.39 is 6.04 Å². The second-order valence-corrected chi connectivity index (χ2v) is 8.56. The molecule has 0 N–H and O–H groups in total. The van der Waals surface area contributed by atoms with Crippen LogP contribution in [0.2, 0.25) is 0 Å². The third kappa shape index (κ3) is 3.85. The van der Waals surface area contributed by atoms with Crippen LogP contribution < -0.4 is 15.1 Å². The summed E-state index contributed by atoms with van der Waals surface area (Å²) >= 11 is 0. The zero-order valence-electron chi connectivity index (χ0n) is 19.3. The molecule has 4 aromatic rings. The van der Waals surface area contributed by atoms with Crippen LogP contribution in [0.3, 0.4) is 0 Å². The van der Waals surface area contributed by atoms with E-state index in [2.05, 4.69) is 11.9 Å². The fourth-order valence-electron chi connectivity index (χ4n) is 4.41. The number of para-hydroxylation sites is 1. The molecule has 172 valence electrons. The van der Waals surface area contributed by atoms with Gasteiger partial charge in [0.25, 0.3) is 5.91 Å². The number of benzene rings is 2. The lowest BCUT2D eigenvalue weighted by Gasteiger charge is -2.24. The number of ether oxygens (including phenoxy) is 1. The minimum Gasteiger partial charge on any atom is -0.494 e. The molecular weight excluding hydrogens is 428 g/mol. The van der Waals surface area contributed by atoms with Crippen LogP contribution in [0.15, 0.2) is 76.1 Å². The number of fused-ring (bicyclic) bond motifs is 2. The Bertz CT molecular complexity index is 1410. The van der Waals surface area contributed by atoms with Crippen molar-refractivity contribution in [3.05, 3.63) is 99.5 Å². The van der Waals surface area contributed by atoms with Gasteiger partial charge >= 0.3 is 0 Å². The Morgan fingerprint density at radius 2 is 1.82 bits per heavy atom. The number of hydrogen-bond donors (Lipinski definition) is 0. The number of aromatic nitrogens is 1. The Labute approximate surface area is 197 Å². The van der Waals surface area contributed by atoms with Gasteiger partial charge in [-0.05, 0) is 60.9 Å². The number of pyridine rings is 1. The number of nitrogens with zero attached hydrogens (tertiary/aromatic N) is 2. The molecule has 1 aliphatic rings. The lowest BCUT2D eigenvalue weighted by Crippen LogP contribution is -2.30. The van der Waals surface area contributed by atoms with Gasteiger partial charge in [-0.25, -0.2) is 4.98 Å². The minimum absolute atomic E-state index is 0.0666. The zero-order chi connectivity index (χ0) is 23.7. The van der Waals surface area contributed by atoms with Gasteiger partial charge in [0.15, 0.2) is 5.43 Å². The number of anilines is 1. The van der Waals surface area contributed by atoms with Crippen molar-refractivity contribution in [1.29, 1.82) is 0 Å². The number of aryl methyl sites for hydroxylation is 1. The molecule has 0 saturated carbocycles. The first-order valence-electron chi connectivity index (χ1n) is 11.6. The van der Waals surface area contributed by atoms with Crippen molar-refractivity contribution in [2.24, 2.45) is 0 Å². The van der Waals surface area contributed by atoms with E-state index in [4.69, 9.17) is 9.15 Å². The Hall–Kier alpha value is -3.93. The summed E-state index contributed by atoms with van der Waals surface area (Å²) in [6.07, 6.45) is 4.93. The summed E-state index contributed by atoms with van der Waals surface area (Å²) in [5, 5.41) is 0.453. The number of hydrogen-bond acceptors (Lipinski definition) is 5. The van der Waals surface area contributed by atoms with Gasteiger partial charge in [0.1, 0.15) is 17.2 Å². The van der Waals surface area contributed by atoms with Gasteiger partial charge in [0, 0.05) is 6.20 Å². The largest absolute Gasteiger partial charge is 0.494 e. The van der Waals surface area contributed by atoms with Crippen molar-refractivity contribution in [3.8, 4) is 5.75 Å². The Balaban J connectivity index is 1.61. The average Bonchev–Trinajstić information content (AvgIpc) is 3.15. The van der Waals surface area contributed by atoms with Crippen LogP contribution in [0.1, 0.15) is 59.5 Å². The average molecular weight is 455 g/mol. The first-order valence-corrected chi connectivity index (χ1v) is 11.6. The van der Waals surface area contributed by atoms with Gasteiger partial charge in [0.2, 0.25) is 5.76 Å². The van der Waals surface area contributed by atoms with Crippen LogP contribution in [0.4, 0.5) is 5.82 Å². The van der Waals surface area contributed by atoms with Crippen LogP contribution in [-0.4, -0.2) is 17.5 Å². The first-order chi connectivity index (χ1) is 16.6. The van der Waals surface area contributed by atoms with Crippen LogP contribution in [0, 0.1) is 6.92 Å². The van der Waals surface area contributed by atoms with Crippen LogP contribution in [0.25, 0.3) is 11.0 Å². The standard InChI is InChI=1S/C28H26N2O4/c1-3-4-7-16-33-20-12-10-19(11-13-20)25-24-26(31)21-8-5-6-9-22(21)34-27(24)28(32)30(25)23-17-18(2)14-15-29-23/h5-6,8-15,17,25H,3-4,7,16H2,1-2H3/t25-/m1/s1. The molecule has 6 nitrogen and oxygen atoms in total. The molecule has 0 bridgehead atoms. The molecule has 34 heavy (non-hydrogen) atoms. The van der Waals surface area contributed by atoms with E-state index in [1.54, 1.807) is 35.4 Å². The van der Waals surface area contributed by atoms with E-state index in [1.165, 1.54) is 0 Å². The molecule has 0 radical (unpaired) electrons. The highest BCUT2D eigenvalue weighted by atomic mass is 16.5. The number of rotatable bonds is 7. The summed E-state index contributed by atoms with van der Waals surface area (Å²) in [6, 6.07) is 17.6. The minimum atomic E-state index is -0.646. The SMILES string of the molecule is CCCCCOc1ccc([C@@H]2c3c(oc4ccccc4c3=O)C(=O)N2c2cc(C)ccn2)cc1. The van der Waals surface area contributed by atoms with Gasteiger partial charge in [-0.15, -0.1) is 0 Å². The van der Waals surface area contributed by atoms with Crippen molar-refractivity contribution in [2.45, 2.75) is 39.2 Å².